The Kier molecular flexibility index (Phi) is 3.94. The van der Waals surface area contributed by atoms with Gasteiger partial charge in [-0.2, -0.15) is 0 Å². The summed E-state index contributed by atoms with van der Waals surface area (Å²) in [6, 6.07) is 7.94. The lowest BCUT2D eigenvalue weighted by Crippen LogP contribution is -2.56. The van der Waals surface area contributed by atoms with Crippen molar-refractivity contribution in [3.05, 3.63) is 47.0 Å². The third-order valence-electron chi connectivity index (χ3n) is 6.62. The van der Waals surface area contributed by atoms with Gasteiger partial charge in [0.1, 0.15) is 0 Å². The molecule has 1 aromatic carbocycles. The number of benzene rings is 1. The molecule has 1 spiro atoms. The predicted molar refractivity (Wildman–Crippen MR) is 96.9 cm³/mol. The minimum Gasteiger partial charge on any atom is -0.445 e. The smallest absolute Gasteiger partial charge is 0.339 e. The first-order valence-corrected chi connectivity index (χ1v) is 10.0. The van der Waals surface area contributed by atoms with Crippen LogP contribution in [0.2, 0.25) is 0 Å². The molecule has 0 radical (unpaired) electrons. The number of ether oxygens (including phenoxy) is 3. The summed E-state index contributed by atoms with van der Waals surface area (Å²) in [6.45, 7) is 2.75. The summed E-state index contributed by atoms with van der Waals surface area (Å²) in [4.78, 5) is 12.7. The fourth-order valence-corrected chi connectivity index (χ4v) is 5.62. The molecule has 2 aliphatic carbocycles. The standard InChI is InChI=1S/C22H26O4/c1-2-24-14-11-12-18-20(13-14)25-19-10-6-5-9-17(19)22(18)16-8-4-3-7-15(16)21(23)26-22/h3-4,7-8,12,14,17,19-20H,2,5-6,9-11,13H2,1H3. The summed E-state index contributed by atoms with van der Waals surface area (Å²) in [5.41, 5.74) is 2.32. The molecule has 138 valence electrons. The van der Waals surface area contributed by atoms with Crippen molar-refractivity contribution in [3.63, 3.8) is 0 Å². The van der Waals surface area contributed by atoms with Crippen LogP contribution in [0.3, 0.4) is 0 Å². The molecule has 26 heavy (non-hydrogen) atoms. The van der Waals surface area contributed by atoms with Gasteiger partial charge in [0.05, 0.1) is 23.9 Å². The summed E-state index contributed by atoms with van der Waals surface area (Å²) < 4.78 is 18.7. The molecule has 1 saturated carbocycles. The number of carbonyl (C=O) groups is 1. The Bertz CT molecular complexity index is 754. The third kappa shape index (κ3) is 2.25. The van der Waals surface area contributed by atoms with E-state index in [0.29, 0.717) is 0 Å². The average molecular weight is 354 g/mol. The maximum atomic E-state index is 12.7. The fraction of sp³-hybridized carbons (Fsp3) is 0.591. The normalized spacial score (nSPS) is 38.2. The SMILES string of the molecule is CCOC1CC=C2C(C1)OC1CCCCC1C21OC(=O)c2ccccc21. The molecule has 5 atom stereocenters. The van der Waals surface area contributed by atoms with E-state index in [1.165, 1.54) is 12.8 Å². The molecular formula is C22H26O4. The first-order chi connectivity index (χ1) is 12.7. The van der Waals surface area contributed by atoms with Crippen LogP contribution in [0.25, 0.3) is 0 Å². The largest absolute Gasteiger partial charge is 0.445 e. The second-order valence-electron chi connectivity index (χ2n) is 7.93. The van der Waals surface area contributed by atoms with E-state index in [4.69, 9.17) is 14.2 Å². The average Bonchev–Trinajstić information content (AvgIpc) is 2.96. The fourth-order valence-electron chi connectivity index (χ4n) is 5.62. The van der Waals surface area contributed by atoms with Gasteiger partial charge in [-0.3, -0.25) is 0 Å². The monoisotopic (exact) mass is 354 g/mol. The topological polar surface area (TPSA) is 44.8 Å². The molecule has 0 N–H and O–H groups in total. The van der Waals surface area contributed by atoms with Crippen LogP contribution in [0, 0.1) is 5.92 Å². The van der Waals surface area contributed by atoms with Crippen LogP contribution < -0.4 is 0 Å². The maximum absolute atomic E-state index is 12.7. The van der Waals surface area contributed by atoms with E-state index in [-0.39, 0.29) is 30.2 Å². The zero-order chi connectivity index (χ0) is 17.7. The highest BCUT2D eigenvalue weighted by Gasteiger charge is 2.61. The molecule has 5 unspecified atom stereocenters. The Morgan fingerprint density at radius 3 is 2.96 bits per heavy atom. The van der Waals surface area contributed by atoms with Crippen LogP contribution in [0.5, 0.6) is 0 Å². The van der Waals surface area contributed by atoms with Crippen LogP contribution in [0.4, 0.5) is 0 Å². The van der Waals surface area contributed by atoms with Gasteiger partial charge in [0, 0.05) is 30.1 Å². The van der Waals surface area contributed by atoms with Crippen molar-refractivity contribution in [3.8, 4) is 0 Å². The second kappa shape index (κ2) is 6.21. The van der Waals surface area contributed by atoms with E-state index in [1.54, 1.807) is 0 Å². The van der Waals surface area contributed by atoms with Crippen molar-refractivity contribution in [1.82, 2.24) is 0 Å². The van der Waals surface area contributed by atoms with Crippen LogP contribution >= 0.6 is 0 Å². The Morgan fingerprint density at radius 2 is 2.08 bits per heavy atom. The molecule has 5 rings (SSSR count). The lowest BCUT2D eigenvalue weighted by Gasteiger charge is -2.53. The first-order valence-electron chi connectivity index (χ1n) is 10.0. The van der Waals surface area contributed by atoms with Crippen molar-refractivity contribution in [2.45, 2.75) is 69.4 Å². The van der Waals surface area contributed by atoms with Gasteiger partial charge < -0.3 is 14.2 Å². The van der Waals surface area contributed by atoms with Gasteiger partial charge in [-0.05, 0) is 32.3 Å². The number of hydrogen-bond acceptors (Lipinski definition) is 4. The van der Waals surface area contributed by atoms with Crippen LogP contribution in [-0.4, -0.2) is 30.9 Å². The number of fused-ring (bicyclic) bond motifs is 6. The van der Waals surface area contributed by atoms with E-state index in [2.05, 4.69) is 12.1 Å². The molecule has 1 aromatic rings. The Hall–Kier alpha value is -1.65. The molecule has 4 heteroatoms. The maximum Gasteiger partial charge on any atom is 0.339 e. The van der Waals surface area contributed by atoms with Gasteiger partial charge in [-0.1, -0.05) is 37.1 Å². The van der Waals surface area contributed by atoms with E-state index in [1.807, 2.05) is 25.1 Å². The number of rotatable bonds is 2. The highest BCUT2D eigenvalue weighted by molar-refractivity contribution is 5.95. The summed E-state index contributed by atoms with van der Waals surface area (Å²) in [5, 5.41) is 0. The minimum absolute atomic E-state index is 0.0152. The van der Waals surface area contributed by atoms with Crippen molar-refractivity contribution >= 4 is 5.97 Å². The van der Waals surface area contributed by atoms with Crippen LogP contribution in [0.15, 0.2) is 35.9 Å². The molecule has 4 aliphatic rings. The molecule has 0 aromatic heterocycles. The third-order valence-corrected chi connectivity index (χ3v) is 6.62. The number of esters is 1. The van der Waals surface area contributed by atoms with Gasteiger partial charge >= 0.3 is 5.97 Å². The van der Waals surface area contributed by atoms with Gasteiger partial charge in [0.2, 0.25) is 0 Å². The van der Waals surface area contributed by atoms with E-state index in [9.17, 15) is 4.79 Å². The number of hydrogen-bond donors (Lipinski definition) is 0. The molecular weight excluding hydrogens is 328 g/mol. The summed E-state index contributed by atoms with van der Waals surface area (Å²) in [5.74, 6) is 0.0356. The lowest BCUT2D eigenvalue weighted by atomic mass is 9.63. The molecule has 0 bridgehead atoms. The van der Waals surface area contributed by atoms with E-state index in [0.717, 1.165) is 49.0 Å². The summed E-state index contributed by atoms with van der Waals surface area (Å²) in [6.07, 6.45) is 8.75. The molecule has 2 aliphatic heterocycles. The molecule has 0 amide bonds. The molecule has 1 saturated heterocycles. The van der Waals surface area contributed by atoms with Crippen LogP contribution in [0.1, 0.15) is 61.4 Å². The van der Waals surface area contributed by atoms with Gasteiger partial charge in [0.15, 0.2) is 5.60 Å². The van der Waals surface area contributed by atoms with Gasteiger partial charge in [-0.15, -0.1) is 0 Å². The van der Waals surface area contributed by atoms with E-state index < -0.39 is 5.60 Å². The quantitative estimate of drug-likeness (QED) is 0.592. The molecule has 4 nitrogen and oxygen atoms in total. The van der Waals surface area contributed by atoms with Crippen molar-refractivity contribution < 1.29 is 19.0 Å². The van der Waals surface area contributed by atoms with Gasteiger partial charge in [0.25, 0.3) is 0 Å². The Balaban J connectivity index is 1.65. The molecule has 2 heterocycles. The van der Waals surface area contributed by atoms with Crippen LogP contribution in [-0.2, 0) is 19.8 Å². The zero-order valence-electron chi connectivity index (χ0n) is 15.3. The van der Waals surface area contributed by atoms with Gasteiger partial charge in [-0.25, -0.2) is 4.79 Å². The second-order valence-corrected chi connectivity index (χ2v) is 7.93. The minimum atomic E-state index is -0.626. The number of carbonyl (C=O) groups excluding carboxylic acids is 1. The van der Waals surface area contributed by atoms with Crippen molar-refractivity contribution in [2.75, 3.05) is 6.61 Å². The summed E-state index contributed by atoms with van der Waals surface area (Å²) in [7, 11) is 0. The highest BCUT2D eigenvalue weighted by atomic mass is 16.6. The predicted octanol–water partition coefficient (Wildman–Crippen LogP) is 4.14. The van der Waals surface area contributed by atoms with Crippen molar-refractivity contribution in [1.29, 1.82) is 0 Å². The Labute approximate surface area is 154 Å². The first kappa shape index (κ1) is 16.5. The lowest BCUT2D eigenvalue weighted by molar-refractivity contribution is -0.170. The summed E-state index contributed by atoms with van der Waals surface area (Å²) >= 11 is 0. The van der Waals surface area contributed by atoms with Crippen molar-refractivity contribution in [2.24, 2.45) is 5.92 Å². The highest BCUT2D eigenvalue weighted by Crippen LogP contribution is 2.58. The molecule has 2 fully saturated rings. The zero-order valence-corrected chi connectivity index (χ0v) is 15.3. The van der Waals surface area contributed by atoms with E-state index >= 15 is 0 Å². The Morgan fingerprint density at radius 1 is 1.23 bits per heavy atom.